The highest BCUT2D eigenvalue weighted by Gasteiger charge is 2.34. The molecular formula is C15H10Cl2F3NO. The van der Waals surface area contributed by atoms with Crippen molar-refractivity contribution in [1.29, 1.82) is 0 Å². The Morgan fingerprint density at radius 2 is 1.59 bits per heavy atom. The Balaban J connectivity index is 2.32. The van der Waals surface area contributed by atoms with Crippen molar-refractivity contribution < 1.29 is 18.0 Å². The summed E-state index contributed by atoms with van der Waals surface area (Å²) < 4.78 is 39.0. The highest BCUT2D eigenvalue weighted by molar-refractivity contribution is 6.31. The minimum atomic E-state index is -4.50. The van der Waals surface area contributed by atoms with Crippen LogP contribution in [0.25, 0.3) is 0 Å². The molecule has 0 aliphatic rings. The minimum absolute atomic E-state index is 0.0600. The fraction of sp³-hybridized carbons (Fsp3) is 0.133. The van der Waals surface area contributed by atoms with Gasteiger partial charge in [0.2, 0.25) is 0 Å². The summed E-state index contributed by atoms with van der Waals surface area (Å²) in [6, 6.07) is 9.59. The molecule has 0 aliphatic heterocycles. The summed E-state index contributed by atoms with van der Waals surface area (Å²) in [5.41, 5.74) is -0.892. The number of rotatable bonds is 3. The van der Waals surface area contributed by atoms with E-state index in [0.717, 1.165) is 6.07 Å². The molecule has 0 heterocycles. The molecule has 0 unspecified atom stereocenters. The Labute approximate surface area is 135 Å². The molecule has 2 aromatic carbocycles. The molecule has 7 heteroatoms. The van der Waals surface area contributed by atoms with Gasteiger partial charge in [-0.2, -0.15) is 13.2 Å². The second kappa shape index (κ2) is 6.58. The van der Waals surface area contributed by atoms with Crippen molar-refractivity contribution in [1.82, 2.24) is 0 Å². The first-order valence-electron chi connectivity index (χ1n) is 6.11. The van der Waals surface area contributed by atoms with E-state index in [-0.39, 0.29) is 16.3 Å². The lowest BCUT2D eigenvalue weighted by Crippen LogP contribution is -2.12. The van der Waals surface area contributed by atoms with Gasteiger partial charge in [0, 0.05) is 15.6 Å². The van der Waals surface area contributed by atoms with E-state index in [9.17, 15) is 13.2 Å². The number of hydrogen-bond donors (Lipinski definition) is 0. The van der Waals surface area contributed by atoms with Crippen LogP contribution in [0.1, 0.15) is 18.1 Å². The number of hydrogen-bond acceptors (Lipinski definition) is 2. The van der Waals surface area contributed by atoms with Crippen LogP contribution in [0.2, 0.25) is 10.0 Å². The molecule has 2 nitrogen and oxygen atoms in total. The standard InChI is InChI=1S/C15H10Cl2F3NO/c1-9(21-22-12-5-2-10(16)3-6-12)13-8-11(17)4-7-14(13)15(18,19)20/h2-8H,1H3. The number of halogens is 5. The average Bonchev–Trinajstić information content (AvgIpc) is 2.45. The maximum Gasteiger partial charge on any atom is 0.417 e. The highest BCUT2D eigenvalue weighted by Crippen LogP contribution is 2.33. The van der Waals surface area contributed by atoms with E-state index in [0.29, 0.717) is 10.8 Å². The van der Waals surface area contributed by atoms with Gasteiger partial charge in [-0.15, -0.1) is 0 Å². The van der Waals surface area contributed by atoms with Crippen molar-refractivity contribution in [2.75, 3.05) is 0 Å². The van der Waals surface area contributed by atoms with Crippen molar-refractivity contribution >= 4 is 28.9 Å². The van der Waals surface area contributed by atoms with Crippen LogP contribution in [0.4, 0.5) is 13.2 Å². The van der Waals surface area contributed by atoms with Gasteiger partial charge < -0.3 is 4.84 Å². The predicted octanol–water partition coefficient (Wildman–Crippen LogP) is 5.82. The zero-order valence-electron chi connectivity index (χ0n) is 11.3. The van der Waals surface area contributed by atoms with Gasteiger partial charge in [0.05, 0.1) is 11.3 Å². The molecule has 2 rings (SSSR count). The lowest BCUT2D eigenvalue weighted by atomic mass is 10.0. The molecule has 0 spiro atoms. The summed E-state index contributed by atoms with van der Waals surface area (Å²) in [6.45, 7) is 1.41. The first-order valence-corrected chi connectivity index (χ1v) is 6.87. The quantitative estimate of drug-likeness (QED) is 0.506. The van der Waals surface area contributed by atoms with Crippen LogP contribution in [-0.2, 0) is 6.18 Å². The predicted molar refractivity (Wildman–Crippen MR) is 80.7 cm³/mol. The molecule has 0 aliphatic carbocycles. The smallest absolute Gasteiger partial charge is 0.357 e. The largest absolute Gasteiger partial charge is 0.417 e. The molecule has 0 saturated carbocycles. The molecule has 2 aromatic rings. The molecule has 0 fully saturated rings. The Kier molecular flexibility index (Phi) is 4.98. The topological polar surface area (TPSA) is 21.6 Å². The number of benzene rings is 2. The Morgan fingerprint density at radius 3 is 2.18 bits per heavy atom. The van der Waals surface area contributed by atoms with Gasteiger partial charge in [0.1, 0.15) is 0 Å². The second-order valence-corrected chi connectivity index (χ2v) is 5.28. The van der Waals surface area contributed by atoms with Crippen molar-refractivity contribution in [2.24, 2.45) is 5.16 Å². The van der Waals surface area contributed by atoms with Crippen molar-refractivity contribution in [3.05, 3.63) is 63.6 Å². The van der Waals surface area contributed by atoms with E-state index in [4.69, 9.17) is 28.0 Å². The third kappa shape index (κ3) is 4.15. The maximum atomic E-state index is 13.0. The molecule has 0 radical (unpaired) electrons. The lowest BCUT2D eigenvalue weighted by molar-refractivity contribution is -0.137. The van der Waals surface area contributed by atoms with Crippen LogP contribution in [0.5, 0.6) is 5.75 Å². The average molecular weight is 348 g/mol. The summed E-state index contributed by atoms with van der Waals surface area (Å²) in [5.74, 6) is 0.360. The summed E-state index contributed by atoms with van der Waals surface area (Å²) in [7, 11) is 0. The van der Waals surface area contributed by atoms with E-state index in [1.807, 2.05) is 0 Å². The SMILES string of the molecule is CC(=NOc1ccc(Cl)cc1)c1cc(Cl)ccc1C(F)(F)F. The first kappa shape index (κ1) is 16.6. The molecule has 0 atom stereocenters. The Morgan fingerprint density at radius 1 is 1.00 bits per heavy atom. The maximum absolute atomic E-state index is 13.0. The van der Waals surface area contributed by atoms with Gasteiger partial charge in [0.25, 0.3) is 0 Å². The number of nitrogens with zero attached hydrogens (tertiary/aromatic N) is 1. The number of alkyl halides is 3. The molecule has 0 aromatic heterocycles. The zero-order chi connectivity index (χ0) is 16.3. The second-order valence-electron chi connectivity index (χ2n) is 4.41. The molecule has 116 valence electrons. The lowest BCUT2D eigenvalue weighted by Gasteiger charge is -2.12. The van der Waals surface area contributed by atoms with Crippen LogP contribution in [-0.4, -0.2) is 5.71 Å². The van der Waals surface area contributed by atoms with Crippen molar-refractivity contribution in [3.63, 3.8) is 0 Å². The Bertz CT molecular complexity index is 697. The van der Waals surface area contributed by atoms with Crippen LogP contribution in [0.15, 0.2) is 47.6 Å². The van der Waals surface area contributed by atoms with E-state index in [2.05, 4.69) is 5.16 Å². The third-order valence-electron chi connectivity index (χ3n) is 2.78. The first-order chi connectivity index (χ1) is 10.3. The van der Waals surface area contributed by atoms with Gasteiger partial charge >= 0.3 is 6.18 Å². The molecular weight excluding hydrogens is 338 g/mol. The fourth-order valence-corrected chi connectivity index (χ4v) is 2.03. The Hall–Kier alpha value is -1.72. The van der Waals surface area contributed by atoms with E-state index in [1.165, 1.54) is 19.1 Å². The summed E-state index contributed by atoms with van der Waals surface area (Å²) in [4.78, 5) is 5.10. The number of oxime groups is 1. The van der Waals surface area contributed by atoms with Gasteiger partial charge in [-0.3, -0.25) is 0 Å². The van der Waals surface area contributed by atoms with E-state index < -0.39 is 11.7 Å². The normalized spacial score (nSPS) is 12.4. The highest BCUT2D eigenvalue weighted by atomic mass is 35.5. The van der Waals surface area contributed by atoms with Crippen LogP contribution >= 0.6 is 23.2 Å². The third-order valence-corrected chi connectivity index (χ3v) is 3.27. The van der Waals surface area contributed by atoms with Crippen molar-refractivity contribution in [2.45, 2.75) is 13.1 Å². The van der Waals surface area contributed by atoms with Crippen molar-refractivity contribution in [3.8, 4) is 5.75 Å². The minimum Gasteiger partial charge on any atom is -0.357 e. The van der Waals surface area contributed by atoms with Gasteiger partial charge in [-0.1, -0.05) is 28.4 Å². The van der Waals surface area contributed by atoms with Crippen LogP contribution in [0.3, 0.4) is 0 Å². The molecule has 0 amide bonds. The summed E-state index contributed by atoms with van der Waals surface area (Å²) in [5, 5.41) is 4.42. The zero-order valence-corrected chi connectivity index (χ0v) is 12.8. The molecule has 0 bridgehead atoms. The summed E-state index contributed by atoms with van der Waals surface area (Å²) >= 11 is 11.5. The van der Waals surface area contributed by atoms with E-state index in [1.54, 1.807) is 24.3 Å². The van der Waals surface area contributed by atoms with E-state index >= 15 is 0 Å². The monoisotopic (exact) mass is 347 g/mol. The van der Waals surface area contributed by atoms with Crippen LogP contribution in [0, 0.1) is 0 Å². The molecule has 0 saturated heterocycles. The molecule has 0 N–H and O–H groups in total. The van der Waals surface area contributed by atoms with Gasteiger partial charge in [0.15, 0.2) is 5.75 Å². The fourth-order valence-electron chi connectivity index (χ4n) is 1.73. The van der Waals surface area contributed by atoms with Gasteiger partial charge in [-0.05, 0) is 49.4 Å². The van der Waals surface area contributed by atoms with Crippen LogP contribution < -0.4 is 4.84 Å². The molecule has 22 heavy (non-hydrogen) atoms. The summed E-state index contributed by atoms with van der Waals surface area (Å²) in [6.07, 6.45) is -4.50. The van der Waals surface area contributed by atoms with Gasteiger partial charge in [-0.25, -0.2) is 0 Å².